The SMILES string of the molecule is NC(=O)[C@@H]1CCCN1Cc1ccc(-c2cnc3ccc(-c4cn[nH]c4-c4ccc(F)cc4)cn23)s1. The molecule has 6 rings (SSSR count). The molecule has 1 saturated heterocycles. The average molecular weight is 487 g/mol. The molecule has 1 aliphatic rings. The summed E-state index contributed by atoms with van der Waals surface area (Å²) in [5.74, 6) is -0.516. The molecule has 0 saturated carbocycles. The lowest BCUT2D eigenvalue weighted by Gasteiger charge is -2.20. The molecule has 4 aromatic heterocycles. The number of aromatic amines is 1. The maximum atomic E-state index is 13.4. The van der Waals surface area contributed by atoms with Gasteiger partial charge in [0, 0.05) is 34.3 Å². The van der Waals surface area contributed by atoms with Crippen LogP contribution in [0, 0.1) is 5.82 Å². The van der Waals surface area contributed by atoms with E-state index in [-0.39, 0.29) is 17.8 Å². The van der Waals surface area contributed by atoms with Gasteiger partial charge in [0.05, 0.1) is 34.7 Å². The normalized spacial score (nSPS) is 16.3. The molecule has 0 bridgehead atoms. The van der Waals surface area contributed by atoms with Gasteiger partial charge in [0.2, 0.25) is 5.91 Å². The summed E-state index contributed by atoms with van der Waals surface area (Å²) in [7, 11) is 0. The second-order valence-corrected chi connectivity index (χ2v) is 9.92. The first-order valence-corrected chi connectivity index (χ1v) is 12.3. The Labute approximate surface area is 205 Å². The number of H-pyrrole nitrogens is 1. The van der Waals surface area contributed by atoms with Crippen molar-refractivity contribution in [2.45, 2.75) is 25.4 Å². The van der Waals surface area contributed by atoms with E-state index in [1.807, 2.05) is 18.3 Å². The molecule has 1 aromatic carbocycles. The summed E-state index contributed by atoms with van der Waals surface area (Å²) in [6.45, 7) is 1.61. The summed E-state index contributed by atoms with van der Waals surface area (Å²) in [6, 6.07) is 14.4. The molecule has 9 heteroatoms. The molecule has 35 heavy (non-hydrogen) atoms. The van der Waals surface area contributed by atoms with Crippen molar-refractivity contribution in [1.29, 1.82) is 0 Å². The van der Waals surface area contributed by atoms with Crippen molar-refractivity contribution < 1.29 is 9.18 Å². The number of halogens is 1. The van der Waals surface area contributed by atoms with Gasteiger partial charge in [-0.25, -0.2) is 9.37 Å². The zero-order valence-electron chi connectivity index (χ0n) is 18.8. The Morgan fingerprint density at radius 1 is 1.11 bits per heavy atom. The average Bonchev–Trinajstić information content (AvgIpc) is 3.65. The maximum absolute atomic E-state index is 13.4. The second kappa shape index (κ2) is 8.75. The number of nitrogens with two attached hydrogens (primary N) is 1. The van der Waals surface area contributed by atoms with Crippen LogP contribution in [-0.2, 0) is 11.3 Å². The highest BCUT2D eigenvalue weighted by Crippen LogP contribution is 2.34. The molecule has 1 amide bonds. The van der Waals surface area contributed by atoms with Crippen LogP contribution in [0.25, 0.3) is 38.6 Å². The Morgan fingerprint density at radius 3 is 2.77 bits per heavy atom. The molecule has 5 heterocycles. The molecular weight excluding hydrogens is 463 g/mol. The molecule has 176 valence electrons. The van der Waals surface area contributed by atoms with E-state index >= 15 is 0 Å². The van der Waals surface area contributed by atoms with Gasteiger partial charge in [0.25, 0.3) is 0 Å². The number of imidazole rings is 1. The molecule has 0 spiro atoms. The summed E-state index contributed by atoms with van der Waals surface area (Å²) in [6.07, 6.45) is 7.55. The lowest BCUT2D eigenvalue weighted by atomic mass is 10.0. The van der Waals surface area contributed by atoms with E-state index in [2.05, 4.69) is 42.8 Å². The van der Waals surface area contributed by atoms with Crippen LogP contribution in [0.5, 0.6) is 0 Å². The Balaban J connectivity index is 1.32. The van der Waals surface area contributed by atoms with Gasteiger partial charge < -0.3 is 5.73 Å². The van der Waals surface area contributed by atoms with Crippen LogP contribution < -0.4 is 5.73 Å². The third-order valence-electron chi connectivity index (χ3n) is 6.55. The smallest absolute Gasteiger partial charge is 0.234 e. The second-order valence-electron chi connectivity index (χ2n) is 8.75. The fourth-order valence-corrected chi connectivity index (χ4v) is 5.84. The van der Waals surface area contributed by atoms with Crippen molar-refractivity contribution in [1.82, 2.24) is 24.5 Å². The number of primary amides is 1. The summed E-state index contributed by atoms with van der Waals surface area (Å²) in [5.41, 5.74) is 11.0. The summed E-state index contributed by atoms with van der Waals surface area (Å²) < 4.78 is 15.5. The topological polar surface area (TPSA) is 92.3 Å². The van der Waals surface area contributed by atoms with E-state index in [1.165, 1.54) is 17.0 Å². The third kappa shape index (κ3) is 4.02. The minimum absolute atomic E-state index is 0.177. The minimum atomic E-state index is -0.274. The standard InChI is InChI=1S/C26H23FN6OS/c27-18-6-3-16(4-7-18)25-20(12-30-31-25)17-5-10-24-29-13-22(33(24)14-17)23-9-8-19(35-23)15-32-11-1-2-21(32)26(28)34/h3-10,12-14,21H,1-2,11,15H2,(H2,28,34)(H,30,31)/t21-/m0/s1. The van der Waals surface area contributed by atoms with E-state index in [0.717, 1.165) is 64.5 Å². The lowest BCUT2D eigenvalue weighted by Crippen LogP contribution is -2.39. The zero-order valence-corrected chi connectivity index (χ0v) is 19.6. The number of carbonyl (C=O) groups is 1. The fraction of sp³-hybridized carbons (Fsp3) is 0.192. The first kappa shape index (κ1) is 21.7. The number of hydrogen-bond acceptors (Lipinski definition) is 5. The van der Waals surface area contributed by atoms with Gasteiger partial charge in [0.1, 0.15) is 11.5 Å². The third-order valence-corrected chi connectivity index (χ3v) is 7.65. The molecular formula is C26H23FN6OS. The van der Waals surface area contributed by atoms with Gasteiger partial charge in [-0.3, -0.25) is 19.2 Å². The number of aromatic nitrogens is 4. The molecule has 3 N–H and O–H groups in total. The molecule has 1 aliphatic heterocycles. The number of pyridine rings is 1. The van der Waals surface area contributed by atoms with Crippen LogP contribution in [-0.4, -0.2) is 43.0 Å². The highest BCUT2D eigenvalue weighted by Gasteiger charge is 2.29. The molecule has 5 aromatic rings. The number of nitrogens with one attached hydrogen (secondary N) is 1. The predicted octanol–water partition coefficient (Wildman–Crippen LogP) is 4.71. The predicted molar refractivity (Wildman–Crippen MR) is 134 cm³/mol. The zero-order chi connectivity index (χ0) is 23.9. The molecule has 0 aliphatic carbocycles. The lowest BCUT2D eigenvalue weighted by molar-refractivity contribution is -0.122. The molecule has 0 radical (unpaired) electrons. The number of thiophene rings is 1. The number of nitrogens with zero attached hydrogens (tertiary/aromatic N) is 4. The van der Waals surface area contributed by atoms with Crippen LogP contribution in [0.3, 0.4) is 0 Å². The summed E-state index contributed by atoms with van der Waals surface area (Å²) >= 11 is 1.70. The van der Waals surface area contributed by atoms with Crippen molar-refractivity contribution in [3.05, 3.63) is 77.8 Å². The van der Waals surface area contributed by atoms with Gasteiger partial charge in [-0.15, -0.1) is 11.3 Å². The van der Waals surface area contributed by atoms with Gasteiger partial charge in [-0.1, -0.05) is 0 Å². The van der Waals surface area contributed by atoms with Crippen LogP contribution >= 0.6 is 11.3 Å². The number of likely N-dealkylation sites (tertiary alicyclic amines) is 1. The van der Waals surface area contributed by atoms with Crippen LogP contribution in [0.2, 0.25) is 0 Å². The van der Waals surface area contributed by atoms with Crippen molar-refractivity contribution in [2.75, 3.05) is 6.54 Å². The first-order chi connectivity index (χ1) is 17.1. The maximum Gasteiger partial charge on any atom is 0.234 e. The van der Waals surface area contributed by atoms with Crippen molar-refractivity contribution in [3.8, 4) is 33.0 Å². The van der Waals surface area contributed by atoms with Gasteiger partial charge >= 0.3 is 0 Å². The van der Waals surface area contributed by atoms with Gasteiger partial charge in [-0.05, 0) is 67.9 Å². The Hall–Kier alpha value is -3.82. The van der Waals surface area contributed by atoms with Crippen molar-refractivity contribution >= 4 is 22.9 Å². The van der Waals surface area contributed by atoms with E-state index < -0.39 is 0 Å². The van der Waals surface area contributed by atoms with E-state index in [0.29, 0.717) is 0 Å². The fourth-order valence-electron chi connectivity index (χ4n) is 4.80. The van der Waals surface area contributed by atoms with Crippen LogP contribution in [0.15, 0.2) is 67.1 Å². The first-order valence-electron chi connectivity index (χ1n) is 11.5. The molecule has 0 unspecified atom stereocenters. The summed E-state index contributed by atoms with van der Waals surface area (Å²) in [5, 5.41) is 7.28. The Morgan fingerprint density at radius 2 is 1.94 bits per heavy atom. The molecule has 1 atom stereocenters. The highest BCUT2D eigenvalue weighted by molar-refractivity contribution is 7.15. The number of hydrogen-bond donors (Lipinski definition) is 2. The monoisotopic (exact) mass is 486 g/mol. The number of rotatable bonds is 6. The van der Waals surface area contributed by atoms with Crippen molar-refractivity contribution in [3.63, 3.8) is 0 Å². The Kier molecular flexibility index (Phi) is 5.43. The number of amides is 1. The number of fused-ring (bicyclic) bond motifs is 1. The highest BCUT2D eigenvalue weighted by atomic mass is 32.1. The minimum Gasteiger partial charge on any atom is -0.368 e. The van der Waals surface area contributed by atoms with Crippen LogP contribution in [0.1, 0.15) is 17.7 Å². The summed E-state index contributed by atoms with van der Waals surface area (Å²) in [4.78, 5) is 20.8. The number of carbonyl (C=O) groups excluding carboxylic acids is 1. The van der Waals surface area contributed by atoms with Crippen molar-refractivity contribution in [2.24, 2.45) is 5.73 Å². The van der Waals surface area contributed by atoms with Gasteiger partial charge in [-0.2, -0.15) is 5.10 Å². The van der Waals surface area contributed by atoms with Gasteiger partial charge in [0.15, 0.2) is 0 Å². The number of benzene rings is 1. The van der Waals surface area contributed by atoms with E-state index in [4.69, 9.17) is 5.73 Å². The molecule has 1 fully saturated rings. The quantitative estimate of drug-likeness (QED) is 0.364. The van der Waals surface area contributed by atoms with E-state index in [9.17, 15) is 9.18 Å². The molecule has 7 nitrogen and oxygen atoms in total. The van der Waals surface area contributed by atoms with Crippen LogP contribution in [0.4, 0.5) is 4.39 Å². The largest absolute Gasteiger partial charge is 0.368 e. The van der Waals surface area contributed by atoms with E-state index in [1.54, 1.807) is 29.7 Å². The Bertz CT molecular complexity index is 1520.